The largest absolute Gasteiger partial charge is 0.388 e. The quantitative estimate of drug-likeness (QED) is 0.0894. The van der Waals surface area contributed by atoms with Gasteiger partial charge in [0.1, 0.15) is 41.8 Å². The summed E-state index contributed by atoms with van der Waals surface area (Å²) in [6.45, 7) is 4.28. The fourth-order valence-corrected chi connectivity index (χ4v) is 5.89. The molecular weight excluding hydrogens is 648 g/mol. The second-order valence-electron chi connectivity index (χ2n) is 12.2. The minimum atomic E-state index is -1.41. The van der Waals surface area contributed by atoms with Crippen molar-refractivity contribution in [1.82, 2.24) is 20.3 Å². The number of rotatable bonds is 17. The van der Waals surface area contributed by atoms with E-state index in [0.29, 0.717) is 32.1 Å². The first-order valence-corrected chi connectivity index (χ1v) is 16.9. The van der Waals surface area contributed by atoms with E-state index >= 15 is 0 Å². The van der Waals surface area contributed by atoms with E-state index in [1.54, 1.807) is 12.3 Å². The number of benzene rings is 2. The van der Waals surface area contributed by atoms with Crippen molar-refractivity contribution in [2.24, 2.45) is 0 Å². The Morgan fingerprint density at radius 2 is 1.70 bits per heavy atom. The van der Waals surface area contributed by atoms with Gasteiger partial charge in [0.25, 0.3) is 5.91 Å². The first-order chi connectivity index (χ1) is 24.4. The number of aliphatic hydroxyl groups is 3. The Balaban J connectivity index is 0.920. The number of ether oxygens (including phenoxy) is 5. The van der Waals surface area contributed by atoms with Gasteiger partial charge in [0.15, 0.2) is 6.29 Å². The van der Waals surface area contributed by atoms with Crippen LogP contribution in [0.2, 0.25) is 0 Å². The molecule has 2 aliphatic rings. The second kappa shape index (κ2) is 18.9. The maximum absolute atomic E-state index is 12.6. The van der Waals surface area contributed by atoms with Gasteiger partial charge in [-0.25, -0.2) is 4.68 Å². The third kappa shape index (κ3) is 10.3. The molecule has 2 fully saturated rings. The van der Waals surface area contributed by atoms with Crippen LogP contribution in [0.3, 0.4) is 0 Å². The van der Waals surface area contributed by atoms with Crippen molar-refractivity contribution in [3.05, 3.63) is 59.4 Å². The second-order valence-corrected chi connectivity index (χ2v) is 12.2. The lowest BCUT2D eigenvalue weighted by Gasteiger charge is -2.39. The molecule has 1 aromatic heterocycles. The minimum Gasteiger partial charge on any atom is -0.388 e. The highest BCUT2D eigenvalue weighted by Gasteiger charge is 2.44. The van der Waals surface area contributed by atoms with E-state index in [-0.39, 0.29) is 31.9 Å². The molecule has 2 aliphatic heterocycles. The predicted octanol–water partition coefficient (Wildman–Crippen LogP) is 1.15. The molecule has 0 spiro atoms. The van der Waals surface area contributed by atoms with Crippen molar-refractivity contribution in [2.45, 2.75) is 63.1 Å². The van der Waals surface area contributed by atoms with Crippen LogP contribution < -0.4 is 10.2 Å². The highest BCUT2D eigenvalue weighted by Crippen LogP contribution is 2.26. The van der Waals surface area contributed by atoms with Gasteiger partial charge < -0.3 is 49.2 Å². The molecule has 2 aromatic carbocycles. The van der Waals surface area contributed by atoms with Crippen molar-refractivity contribution in [1.29, 1.82) is 5.26 Å². The van der Waals surface area contributed by atoms with Gasteiger partial charge in [0, 0.05) is 32.4 Å². The zero-order valence-electron chi connectivity index (χ0n) is 28.2. The predicted molar refractivity (Wildman–Crippen MR) is 182 cm³/mol. The van der Waals surface area contributed by atoms with Crippen molar-refractivity contribution >= 4 is 28.4 Å². The van der Waals surface area contributed by atoms with Gasteiger partial charge in [0.05, 0.1) is 52.4 Å². The summed E-state index contributed by atoms with van der Waals surface area (Å²) < 4.78 is 28.6. The highest BCUT2D eigenvalue weighted by molar-refractivity contribution is 6.02. The Kier molecular flexibility index (Phi) is 14.1. The normalized spacial score (nSPS) is 22.8. The van der Waals surface area contributed by atoms with Crippen LogP contribution in [0.5, 0.6) is 0 Å². The van der Waals surface area contributed by atoms with Crippen molar-refractivity contribution in [3.63, 3.8) is 0 Å². The molecule has 5 atom stereocenters. The fourth-order valence-electron chi connectivity index (χ4n) is 5.89. The third-order valence-corrected chi connectivity index (χ3v) is 8.63. The van der Waals surface area contributed by atoms with Crippen LogP contribution in [0, 0.1) is 11.3 Å². The maximum Gasteiger partial charge on any atom is 0.262 e. The molecule has 15 heteroatoms. The zero-order chi connectivity index (χ0) is 35.3. The molecule has 5 unspecified atom stereocenters. The van der Waals surface area contributed by atoms with Crippen LogP contribution in [-0.4, -0.2) is 127 Å². The lowest BCUT2D eigenvalue weighted by atomic mass is 9.99. The first kappa shape index (κ1) is 37.3. The van der Waals surface area contributed by atoms with Gasteiger partial charge in [-0.05, 0) is 59.9 Å². The van der Waals surface area contributed by atoms with Gasteiger partial charge in [-0.2, -0.15) is 5.26 Å². The van der Waals surface area contributed by atoms with E-state index in [9.17, 15) is 25.4 Å². The van der Waals surface area contributed by atoms with Crippen LogP contribution in [0.4, 0.5) is 5.69 Å². The van der Waals surface area contributed by atoms with Crippen LogP contribution in [-0.2, 0) is 41.6 Å². The molecule has 3 aromatic rings. The van der Waals surface area contributed by atoms with E-state index in [2.05, 4.69) is 38.7 Å². The van der Waals surface area contributed by atoms with E-state index in [0.717, 1.165) is 29.4 Å². The molecule has 4 N–H and O–H groups in total. The topological polar surface area (TPSA) is 194 Å². The highest BCUT2D eigenvalue weighted by atomic mass is 16.7. The average molecular weight is 695 g/mol. The number of nitriles is 1. The van der Waals surface area contributed by atoms with Crippen molar-refractivity contribution < 1.29 is 43.8 Å². The molecule has 15 nitrogen and oxygen atoms in total. The molecule has 0 aliphatic carbocycles. The Morgan fingerprint density at radius 3 is 2.46 bits per heavy atom. The summed E-state index contributed by atoms with van der Waals surface area (Å²) in [5.74, 6) is -0.455. The monoisotopic (exact) mass is 694 g/mol. The Morgan fingerprint density at radius 1 is 0.980 bits per heavy atom. The number of aliphatic hydroxyl groups excluding tert-OH is 3. The lowest BCUT2D eigenvalue weighted by Crippen LogP contribution is -2.58. The molecule has 270 valence electrons. The van der Waals surface area contributed by atoms with E-state index < -0.39 is 36.6 Å². The summed E-state index contributed by atoms with van der Waals surface area (Å²) in [6, 6.07) is 14.4. The standard InChI is InChI=1S/C35H46N6O9/c1-46-35-33(44)32(43)31(42)30(50-35)22-41-21-28(38-39-41)23-49-16-15-48-14-13-47-12-9-37-34(45)27(20-36)18-24-5-6-26-19-29(8-7-25(26)17-24)40-10-3-2-4-11-40/h5-8,17-19,21,30-33,35,42-44H,2-4,9-16,22-23H2,1H3,(H,37,45)/b27-18+. The number of nitrogens with zero attached hydrogens (tertiary/aromatic N) is 5. The van der Waals surface area contributed by atoms with Crippen molar-refractivity contribution in [3.8, 4) is 6.07 Å². The molecule has 0 saturated carbocycles. The van der Waals surface area contributed by atoms with E-state index in [1.165, 1.54) is 36.7 Å². The number of methoxy groups -OCH3 is 1. The first-order valence-electron chi connectivity index (χ1n) is 16.9. The number of amides is 1. The number of carbonyl (C=O) groups is 1. The summed E-state index contributed by atoms with van der Waals surface area (Å²) in [6.07, 6.45) is 0.944. The number of aromatic nitrogens is 3. The molecule has 0 bridgehead atoms. The SMILES string of the molecule is COC1OC(Cn2cc(COCCOCCOCCNC(=O)/C(C#N)=C/c3ccc4cc(N5CCCCC5)ccc4c3)nn2)C(O)C(O)C1O. The van der Waals surface area contributed by atoms with Gasteiger partial charge in [-0.15, -0.1) is 5.10 Å². The summed E-state index contributed by atoms with van der Waals surface area (Å²) in [7, 11) is 1.34. The minimum absolute atomic E-state index is 0.0259. The summed E-state index contributed by atoms with van der Waals surface area (Å²) in [5, 5.41) is 52.7. The number of nitrogens with one attached hydrogen (secondary N) is 1. The molecular formula is C35H46N6O9. The van der Waals surface area contributed by atoms with E-state index in [4.69, 9.17) is 23.7 Å². The maximum atomic E-state index is 12.6. The van der Waals surface area contributed by atoms with Crippen molar-refractivity contribution in [2.75, 3.05) is 64.7 Å². The number of hydrogen-bond acceptors (Lipinski definition) is 13. The molecule has 1 amide bonds. The van der Waals surface area contributed by atoms with Gasteiger partial charge in [0.2, 0.25) is 0 Å². The van der Waals surface area contributed by atoms with Crippen LogP contribution >= 0.6 is 0 Å². The van der Waals surface area contributed by atoms with Gasteiger partial charge in [-0.3, -0.25) is 4.79 Å². The molecule has 0 radical (unpaired) electrons. The molecule has 3 heterocycles. The van der Waals surface area contributed by atoms with Gasteiger partial charge >= 0.3 is 0 Å². The van der Waals surface area contributed by atoms with Crippen LogP contribution in [0.15, 0.2) is 48.2 Å². The van der Waals surface area contributed by atoms with Crippen LogP contribution in [0.1, 0.15) is 30.5 Å². The number of carbonyl (C=O) groups excluding carboxylic acids is 1. The van der Waals surface area contributed by atoms with Gasteiger partial charge in [-0.1, -0.05) is 23.4 Å². The Labute approximate surface area is 290 Å². The summed E-state index contributed by atoms with van der Waals surface area (Å²) >= 11 is 0. The fraction of sp³-hybridized carbons (Fsp3) is 0.543. The molecule has 5 rings (SSSR count). The molecule has 50 heavy (non-hydrogen) atoms. The Hall–Kier alpha value is -3.98. The van der Waals surface area contributed by atoms with E-state index in [1.807, 2.05) is 24.3 Å². The summed E-state index contributed by atoms with van der Waals surface area (Å²) in [5.41, 5.74) is 2.60. The summed E-state index contributed by atoms with van der Waals surface area (Å²) in [4.78, 5) is 15.0. The Bertz CT molecular complexity index is 1600. The average Bonchev–Trinajstić information content (AvgIpc) is 3.59. The third-order valence-electron chi connectivity index (χ3n) is 8.63. The zero-order valence-corrected chi connectivity index (χ0v) is 28.2. The lowest BCUT2D eigenvalue weighted by molar-refractivity contribution is -0.292. The smallest absolute Gasteiger partial charge is 0.262 e. The molecule has 2 saturated heterocycles. The number of hydrogen-bond donors (Lipinski definition) is 4. The van der Waals surface area contributed by atoms with Crippen LogP contribution in [0.25, 0.3) is 16.8 Å². The number of anilines is 1. The number of fused-ring (bicyclic) bond motifs is 1. The number of piperidine rings is 1.